The second-order valence-corrected chi connectivity index (χ2v) is 7.07. The third-order valence-corrected chi connectivity index (χ3v) is 5.50. The number of morpholine rings is 1. The van der Waals surface area contributed by atoms with Crippen molar-refractivity contribution in [3.05, 3.63) is 35.9 Å². The minimum absolute atomic E-state index is 0.00564. The first-order valence-electron chi connectivity index (χ1n) is 8.74. The van der Waals surface area contributed by atoms with Gasteiger partial charge >= 0.3 is 12.2 Å². The highest BCUT2D eigenvalue weighted by molar-refractivity contribution is 5.96. The Morgan fingerprint density at radius 3 is 2.78 bits per heavy atom. The molecule has 1 aromatic heterocycles. The van der Waals surface area contributed by atoms with Crippen LogP contribution in [0.4, 0.5) is 23.7 Å². The Bertz CT molecular complexity index is 897. The van der Waals surface area contributed by atoms with Crippen LogP contribution in [0.5, 0.6) is 0 Å². The third-order valence-electron chi connectivity index (χ3n) is 5.50. The number of fused-ring (bicyclic) bond motifs is 3. The van der Waals surface area contributed by atoms with Gasteiger partial charge < -0.3 is 14.1 Å². The lowest BCUT2D eigenvalue weighted by Crippen LogP contribution is -2.48. The molecule has 2 bridgehead atoms. The summed E-state index contributed by atoms with van der Waals surface area (Å²) in [5.41, 5.74) is 0.496. The van der Waals surface area contributed by atoms with Gasteiger partial charge in [-0.05, 0) is 30.5 Å². The van der Waals surface area contributed by atoms with Gasteiger partial charge in [-0.15, -0.1) is 0 Å². The van der Waals surface area contributed by atoms with E-state index in [1.165, 1.54) is 17.5 Å². The number of anilines is 1. The number of hydrogen-bond donors (Lipinski definition) is 0. The molecule has 0 unspecified atom stereocenters. The lowest BCUT2D eigenvalue weighted by atomic mass is 9.99. The first-order valence-corrected chi connectivity index (χ1v) is 8.74. The van der Waals surface area contributed by atoms with Gasteiger partial charge in [-0.2, -0.15) is 13.2 Å². The van der Waals surface area contributed by atoms with Crippen molar-refractivity contribution in [1.82, 2.24) is 9.88 Å². The summed E-state index contributed by atoms with van der Waals surface area (Å²) in [7, 11) is 0. The molecule has 2 saturated heterocycles. The molecule has 2 amide bonds. The van der Waals surface area contributed by atoms with E-state index in [4.69, 9.17) is 9.15 Å². The first-order chi connectivity index (χ1) is 12.9. The number of likely N-dealkylation sites (tertiary alicyclic amines) is 1. The quantitative estimate of drug-likeness (QED) is 0.763. The standard InChI is InChI=1S/C18H16F3N3O3/c19-18(20,21)10-3-14(16-6-22-9-27-16)13-1-2-23(15(13)4-10)17(25)24-7-12-5-11(24)8-26-12/h3-4,6,9,11-12H,1-2,5,7-8H2/t11-,12-/m0/s1. The van der Waals surface area contributed by atoms with Crippen LogP contribution in [0.1, 0.15) is 17.5 Å². The maximum absolute atomic E-state index is 13.5. The Kier molecular flexibility index (Phi) is 3.52. The van der Waals surface area contributed by atoms with Crippen molar-refractivity contribution < 1.29 is 27.1 Å². The van der Waals surface area contributed by atoms with Crippen molar-refractivity contribution in [2.75, 3.05) is 24.6 Å². The SMILES string of the molecule is O=C(N1CCc2c(-c3cnco3)cc(C(F)(F)F)cc21)N1C[C@@H]2C[C@H]1CO2. The van der Waals surface area contributed by atoms with E-state index in [0.717, 1.165) is 18.6 Å². The number of oxazole rings is 1. The highest BCUT2D eigenvalue weighted by Crippen LogP contribution is 2.43. The monoisotopic (exact) mass is 379 g/mol. The molecule has 0 aliphatic carbocycles. The molecule has 0 N–H and O–H groups in total. The zero-order valence-electron chi connectivity index (χ0n) is 14.2. The Morgan fingerprint density at radius 1 is 1.30 bits per heavy atom. The predicted molar refractivity (Wildman–Crippen MR) is 88.2 cm³/mol. The fourth-order valence-electron chi connectivity index (χ4n) is 4.22. The second-order valence-electron chi connectivity index (χ2n) is 7.07. The molecule has 3 aliphatic rings. The number of hydrogen-bond acceptors (Lipinski definition) is 4. The molecular formula is C18H16F3N3O3. The number of aromatic nitrogens is 1. The van der Waals surface area contributed by atoms with Gasteiger partial charge in [-0.25, -0.2) is 9.78 Å². The number of rotatable bonds is 1. The molecule has 2 atom stereocenters. The van der Waals surface area contributed by atoms with Crippen molar-refractivity contribution in [3.8, 4) is 11.3 Å². The van der Waals surface area contributed by atoms with E-state index in [2.05, 4.69) is 4.98 Å². The van der Waals surface area contributed by atoms with Gasteiger partial charge in [0.1, 0.15) is 0 Å². The van der Waals surface area contributed by atoms with E-state index in [9.17, 15) is 18.0 Å². The van der Waals surface area contributed by atoms with Gasteiger partial charge in [-0.1, -0.05) is 0 Å². The summed E-state index contributed by atoms with van der Waals surface area (Å²) in [6.45, 7) is 1.32. The van der Waals surface area contributed by atoms with Crippen LogP contribution in [0.15, 0.2) is 29.1 Å². The Labute approximate surface area is 152 Å². The number of halogens is 3. The van der Waals surface area contributed by atoms with Crippen LogP contribution in [0.3, 0.4) is 0 Å². The molecule has 0 radical (unpaired) electrons. The largest absolute Gasteiger partial charge is 0.444 e. The Hall–Kier alpha value is -2.55. The molecule has 0 saturated carbocycles. The minimum Gasteiger partial charge on any atom is -0.444 e. The molecule has 4 heterocycles. The lowest BCUT2D eigenvalue weighted by molar-refractivity contribution is -0.137. The molecule has 9 heteroatoms. The van der Waals surface area contributed by atoms with Crippen LogP contribution in [0.25, 0.3) is 11.3 Å². The normalized spacial score (nSPS) is 24.0. The average Bonchev–Trinajstić information content (AvgIpc) is 3.43. The topological polar surface area (TPSA) is 58.8 Å². The van der Waals surface area contributed by atoms with Gasteiger partial charge in [-0.3, -0.25) is 4.90 Å². The van der Waals surface area contributed by atoms with Crippen LogP contribution < -0.4 is 4.90 Å². The molecule has 5 rings (SSSR count). The van der Waals surface area contributed by atoms with Crippen LogP contribution in [0.2, 0.25) is 0 Å². The van der Waals surface area contributed by atoms with Crippen LogP contribution in [0, 0.1) is 0 Å². The molecule has 2 aromatic rings. The Balaban J connectivity index is 1.57. The van der Waals surface area contributed by atoms with Crippen molar-refractivity contribution >= 4 is 11.7 Å². The van der Waals surface area contributed by atoms with Gasteiger partial charge in [0.05, 0.1) is 36.2 Å². The number of urea groups is 1. The second kappa shape index (κ2) is 5.72. The number of ether oxygens (including phenoxy) is 1. The summed E-state index contributed by atoms with van der Waals surface area (Å²) in [6.07, 6.45) is -0.668. The van der Waals surface area contributed by atoms with E-state index >= 15 is 0 Å². The van der Waals surface area contributed by atoms with Gasteiger partial charge in [0.2, 0.25) is 0 Å². The summed E-state index contributed by atoms with van der Waals surface area (Å²) in [5.74, 6) is 0.264. The smallest absolute Gasteiger partial charge is 0.416 e. The average molecular weight is 379 g/mol. The number of nitrogens with zero attached hydrogens (tertiary/aromatic N) is 3. The Morgan fingerprint density at radius 2 is 2.15 bits per heavy atom. The van der Waals surface area contributed by atoms with Crippen LogP contribution in [-0.2, 0) is 17.3 Å². The molecule has 2 fully saturated rings. The molecule has 1 aromatic carbocycles. The zero-order chi connectivity index (χ0) is 18.8. The van der Waals surface area contributed by atoms with E-state index in [0.29, 0.717) is 42.9 Å². The van der Waals surface area contributed by atoms with Crippen molar-refractivity contribution in [2.24, 2.45) is 0 Å². The fraction of sp³-hybridized carbons (Fsp3) is 0.444. The van der Waals surface area contributed by atoms with E-state index in [-0.39, 0.29) is 23.9 Å². The summed E-state index contributed by atoms with van der Waals surface area (Å²) in [6, 6.07) is 1.88. The molecule has 142 valence electrons. The number of alkyl halides is 3. The molecular weight excluding hydrogens is 363 g/mol. The predicted octanol–water partition coefficient (Wildman–Crippen LogP) is 3.32. The van der Waals surface area contributed by atoms with Gasteiger partial charge in [0.25, 0.3) is 0 Å². The summed E-state index contributed by atoms with van der Waals surface area (Å²) in [5, 5.41) is 0. The summed E-state index contributed by atoms with van der Waals surface area (Å²) in [4.78, 5) is 20.0. The number of carbonyl (C=O) groups excluding carboxylic acids is 1. The van der Waals surface area contributed by atoms with E-state index in [1.54, 1.807) is 4.90 Å². The molecule has 3 aliphatic heterocycles. The molecule has 6 nitrogen and oxygen atoms in total. The maximum Gasteiger partial charge on any atom is 0.416 e. The third kappa shape index (κ3) is 2.60. The van der Waals surface area contributed by atoms with Crippen molar-refractivity contribution in [3.63, 3.8) is 0 Å². The fourth-order valence-corrected chi connectivity index (χ4v) is 4.22. The van der Waals surface area contributed by atoms with Crippen LogP contribution in [-0.4, -0.2) is 47.8 Å². The lowest BCUT2D eigenvalue weighted by Gasteiger charge is -2.31. The highest BCUT2D eigenvalue weighted by atomic mass is 19.4. The summed E-state index contributed by atoms with van der Waals surface area (Å²) < 4.78 is 51.1. The number of benzene rings is 1. The van der Waals surface area contributed by atoms with Gasteiger partial charge in [0, 0.05) is 18.7 Å². The maximum atomic E-state index is 13.5. The first kappa shape index (κ1) is 16.6. The highest BCUT2D eigenvalue weighted by Gasteiger charge is 2.44. The molecule has 27 heavy (non-hydrogen) atoms. The molecule has 0 spiro atoms. The van der Waals surface area contributed by atoms with Gasteiger partial charge in [0.15, 0.2) is 12.2 Å². The van der Waals surface area contributed by atoms with E-state index < -0.39 is 11.7 Å². The van der Waals surface area contributed by atoms with Crippen LogP contribution >= 0.6 is 0 Å². The van der Waals surface area contributed by atoms with Crippen molar-refractivity contribution in [1.29, 1.82) is 0 Å². The summed E-state index contributed by atoms with van der Waals surface area (Å²) >= 11 is 0. The zero-order valence-corrected chi connectivity index (χ0v) is 14.2. The van der Waals surface area contributed by atoms with Crippen molar-refractivity contribution in [2.45, 2.75) is 31.2 Å². The number of amides is 2. The van der Waals surface area contributed by atoms with E-state index in [1.807, 2.05) is 0 Å². The minimum atomic E-state index is -4.53. The number of carbonyl (C=O) groups is 1.